The molecule has 2 unspecified atom stereocenters. The lowest BCUT2D eigenvalue weighted by atomic mass is 10.0. The molecule has 15 heavy (non-hydrogen) atoms. The molecule has 2 aromatic rings. The van der Waals surface area contributed by atoms with E-state index < -0.39 is 6.10 Å². The minimum absolute atomic E-state index is 0.260. The number of benzene rings is 1. The average molecular weight is 204 g/mol. The van der Waals surface area contributed by atoms with E-state index in [4.69, 9.17) is 5.73 Å². The van der Waals surface area contributed by atoms with Gasteiger partial charge in [0.15, 0.2) is 0 Å². The van der Waals surface area contributed by atoms with Crippen LogP contribution in [0, 0.1) is 6.92 Å². The van der Waals surface area contributed by atoms with Crippen LogP contribution in [-0.4, -0.2) is 16.1 Å². The Balaban J connectivity index is 2.56. The summed E-state index contributed by atoms with van der Waals surface area (Å²) < 4.78 is 0. The van der Waals surface area contributed by atoms with Gasteiger partial charge < -0.3 is 15.8 Å². The van der Waals surface area contributed by atoms with Crippen molar-refractivity contribution in [2.75, 3.05) is 0 Å². The first kappa shape index (κ1) is 10.2. The largest absolute Gasteiger partial charge is 0.387 e. The monoisotopic (exact) mass is 204 g/mol. The highest BCUT2D eigenvalue weighted by atomic mass is 16.3. The Morgan fingerprint density at radius 3 is 2.80 bits per heavy atom. The number of fused-ring (bicyclic) bond motifs is 1. The number of nitrogens with two attached hydrogens (primary N) is 1. The molecule has 0 saturated heterocycles. The van der Waals surface area contributed by atoms with Gasteiger partial charge in [0, 0.05) is 28.7 Å². The first-order valence-corrected chi connectivity index (χ1v) is 5.11. The number of aromatic nitrogens is 1. The van der Waals surface area contributed by atoms with E-state index in [9.17, 15) is 5.11 Å². The van der Waals surface area contributed by atoms with E-state index in [-0.39, 0.29) is 6.04 Å². The van der Waals surface area contributed by atoms with E-state index >= 15 is 0 Å². The minimum Gasteiger partial charge on any atom is -0.387 e. The van der Waals surface area contributed by atoms with Gasteiger partial charge in [0.2, 0.25) is 0 Å². The Bertz CT molecular complexity index is 473. The Labute approximate surface area is 88.9 Å². The lowest BCUT2D eigenvalue weighted by molar-refractivity contribution is 0.155. The molecule has 0 bridgehead atoms. The maximum absolute atomic E-state index is 9.93. The number of hydrogen-bond acceptors (Lipinski definition) is 2. The van der Waals surface area contributed by atoms with Crippen molar-refractivity contribution in [3.8, 4) is 0 Å². The van der Waals surface area contributed by atoms with Crippen molar-refractivity contribution >= 4 is 10.9 Å². The molecule has 1 aromatic carbocycles. The van der Waals surface area contributed by atoms with Gasteiger partial charge in [-0.05, 0) is 26.0 Å². The van der Waals surface area contributed by atoms with Crippen LogP contribution in [0.1, 0.15) is 24.2 Å². The lowest BCUT2D eigenvalue weighted by Gasteiger charge is -2.13. The number of aliphatic hydroxyl groups is 1. The Morgan fingerprint density at radius 1 is 1.40 bits per heavy atom. The van der Waals surface area contributed by atoms with Crippen molar-refractivity contribution in [3.63, 3.8) is 0 Å². The fourth-order valence-electron chi connectivity index (χ4n) is 1.78. The molecule has 0 spiro atoms. The fraction of sp³-hybridized carbons (Fsp3) is 0.333. The zero-order valence-corrected chi connectivity index (χ0v) is 8.99. The minimum atomic E-state index is -0.611. The molecule has 1 aromatic heterocycles. The number of hydrogen-bond donors (Lipinski definition) is 3. The standard InChI is InChI=1S/C12H16N2O/c1-7-3-4-11-9(5-7)10(6-14-11)12(15)8(2)13/h3-6,8,12,14-15H,13H2,1-2H3. The third kappa shape index (κ3) is 1.76. The molecule has 4 N–H and O–H groups in total. The van der Waals surface area contributed by atoms with Crippen molar-refractivity contribution in [3.05, 3.63) is 35.5 Å². The second-order valence-corrected chi connectivity index (χ2v) is 4.10. The van der Waals surface area contributed by atoms with Crippen molar-refractivity contribution in [1.82, 2.24) is 4.98 Å². The second kappa shape index (κ2) is 3.68. The molecular formula is C12H16N2O. The average Bonchev–Trinajstić information content (AvgIpc) is 2.59. The summed E-state index contributed by atoms with van der Waals surface area (Å²) in [6.45, 7) is 3.84. The molecule has 0 fully saturated rings. The quantitative estimate of drug-likeness (QED) is 0.699. The van der Waals surface area contributed by atoms with Crippen molar-refractivity contribution in [2.45, 2.75) is 26.0 Å². The van der Waals surface area contributed by atoms with Crippen molar-refractivity contribution in [2.24, 2.45) is 5.73 Å². The summed E-state index contributed by atoms with van der Waals surface area (Å²) in [4.78, 5) is 3.14. The van der Waals surface area contributed by atoms with Crippen LogP contribution in [-0.2, 0) is 0 Å². The summed E-state index contributed by atoms with van der Waals surface area (Å²) in [5.41, 5.74) is 8.79. The lowest BCUT2D eigenvalue weighted by Crippen LogP contribution is -2.24. The number of aromatic amines is 1. The number of aryl methyl sites for hydroxylation is 1. The summed E-state index contributed by atoms with van der Waals surface area (Å²) >= 11 is 0. The van der Waals surface area contributed by atoms with Gasteiger partial charge in [-0.2, -0.15) is 0 Å². The highest BCUT2D eigenvalue weighted by Crippen LogP contribution is 2.26. The molecular weight excluding hydrogens is 188 g/mol. The predicted octanol–water partition coefficient (Wildman–Crippen LogP) is 1.86. The van der Waals surface area contributed by atoms with E-state index in [1.165, 1.54) is 5.56 Å². The predicted molar refractivity (Wildman–Crippen MR) is 61.6 cm³/mol. The second-order valence-electron chi connectivity index (χ2n) is 4.10. The molecule has 3 heteroatoms. The number of aliphatic hydroxyl groups excluding tert-OH is 1. The smallest absolute Gasteiger partial charge is 0.0958 e. The number of nitrogens with one attached hydrogen (secondary N) is 1. The summed E-state index contributed by atoms with van der Waals surface area (Å²) in [6, 6.07) is 5.86. The van der Waals surface area contributed by atoms with Gasteiger partial charge in [-0.1, -0.05) is 11.6 Å². The van der Waals surface area contributed by atoms with Crippen molar-refractivity contribution in [1.29, 1.82) is 0 Å². The highest BCUT2D eigenvalue weighted by molar-refractivity contribution is 5.84. The van der Waals surface area contributed by atoms with Gasteiger partial charge >= 0.3 is 0 Å². The van der Waals surface area contributed by atoms with Crippen LogP contribution in [0.3, 0.4) is 0 Å². The Morgan fingerprint density at radius 2 is 2.13 bits per heavy atom. The van der Waals surface area contributed by atoms with Crippen LogP contribution < -0.4 is 5.73 Å². The van der Waals surface area contributed by atoms with Crippen LogP contribution in [0.5, 0.6) is 0 Å². The van der Waals surface area contributed by atoms with Gasteiger partial charge in [0.05, 0.1) is 6.10 Å². The van der Waals surface area contributed by atoms with E-state index in [0.717, 1.165) is 16.5 Å². The molecule has 0 aliphatic heterocycles. The van der Waals surface area contributed by atoms with Crippen molar-refractivity contribution < 1.29 is 5.11 Å². The van der Waals surface area contributed by atoms with Crippen LogP contribution in [0.15, 0.2) is 24.4 Å². The molecule has 0 amide bonds. The van der Waals surface area contributed by atoms with Gasteiger partial charge in [0.25, 0.3) is 0 Å². The normalized spacial score (nSPS) is 15.5. The number of H-pyrrole nitrogens is 1. The molecule has 0 aliphatic carbocycles. The summed E-state index contributed by atoms with van der Waals surface area (Å²) in [5.74, 6) is 0. The summed E-state index contributed by atoms with van der Waals surface area (Å²) in [7, 11) is 0. The van der Waals surface area contributed by atoms with Gasteiger partial charge in [0.1, 0.15) is 0 Å². The Kier molecular flexibility index (Phi) is 2.50. The van der Waals surface area contributed by atoms with Crippen LogP contribution in [0.2, 0.25) is 0 Å². The maximum Gasteiger partial charge on any atom is 0.0958 e. The third-order valence-electron chi connectivity index (χ3n) is 2.69. The zero-order chi connectivity index (χ0) is 11.0. The van der Waals surface area contributed by atoms with E-state index in [1.54, 1.807) is 6.92 Å². The van der Waals surface area contributed by atoms with Gasteiger partial charge in [-0.15, -0.1) is 0 Å². The molecule has 0 saturated carbocycles. The molecule has 0 radical (unpaired) electrons. The van der Waals surface area contributed by atoms with Crippen LogP contribution >= 0.6 is 0 Å². The zero-order valence-electron chi connectivity index (χ0n) is 8.99. The number of rotatable bonds is 2. The van der Waals surface area contributed by atoms with Gasteiger partial charge in [-0.3, -0.25) is 0 Å². The fourth-order valence-corrected chi connectivity index (χ4v) is 1.78. The summed E-state index contributed by atoms with van der Waals surface area (Å²) in [6.07, 6.45) is 1.22. The molecule has 0 aliphatic rings. The molecule has 2 atom stereocenters. The Hall–Kier alpha value is -1.32. The van der Waals surface area contributed by atoms with Crippen LogP contribution in [0.25, 0.3) is 10.9 Å². The molecule has 3 nitrogen and oxygen atoms in total. The maximum atomic E-state index is 9.93. The highest BCUT2D eigenvalue weighted by Gasteiger charge is 2.16. The topological polar surface area (TPSA) is 62.0 Å². The first-order valence-electron chi connectivity index (χ1n) is 5.11. The SMILES string of the molecule is Cc1ccc2[nH]cc(C(O)C(C)N)c2c1. The molecule has 1 heterocycles. The first-order chi connectivity index (χ1) is 7.09. The molecule has 80 valence electrons. The summed E-state index contributed by atoms with van der Waals surface area (Å²) in [5, 5.41) is 11.0. The van der Waals surface area contributed by atoms with E-state index in [2.05, 4.69) is 11.1 Å². The van der Waals surface area contributed by atoms with Crippen LogP contribution in [0.4, 0.5) is 0 Å². The van der Waals surface area contributed by atoms with Gasteiger partial charge in [-0.25, -0.2) is 0 Å². The van der Waals surface area contributed by atoms with E-state index in [0.29, 0.717) is 0 Å². The third-order valence-corrected chi connectivity index (χ3v) is 2.69. The van der Waals surface area contributed by atoms with E-state index in [1.807, 2.05) is 25.3 Å². The molecule has 2 rings (SSSR count).